The van der Waals surface area contributed by atoms with E-state index < -0.39 is 28.5 Å². The minimum atomic E-state index is -3.84. The minimum Gasteiger partial charge on any atom is -0.495 e. The molecule has 8 nitrogen and oxygen atoms in total. The van der Waals surface area contributed by atoms with Crippen LogP contribution in [0.3, 0.4) is 0 Å². The Labute approximate surface area is 206 Å². The van der Waals surface area contributed by atoms with Crippen LogP contribution in [0, 0.1) is 6.92 Å². The lowest BCUT2D eigenvalue weighted by atomic mass is 10.1. The molecule has 0 spiro atoms. The summed E-state index contributed by atoms with van der Waals surface area (Å²) in [6.45, 7) is 5.65. The number of ether oxygens (including phenoxy) is 1. The number of likely N-dealkylation sites (N-methyl/N-ethyl adjacent to an activating group) is 1. The third-order valence-electron chi connectivity index (χ3n) is 5.27. The maximum atomic E-state index is 13.6. The van der Waals surface area contributed by atoms with Crippen molar-refractivity contribution in [1.29, 1.82) is 0 Å². The largest absolute Gasteiger partial charge is 0.495 e. The highest BCUT2D eigenvalue weighted by atomic mass is 35.5. The zero-order valence-corrected chi connectivity index (χ0v) is 21.7. The van der Waals surface area contributed by atoms with E-state index in [2.05, 4.69) is 5.32 Å². The van der Waals surface area contributed by atoms with Crippen LogP contribution >= 0.6 is 11.6 Å². The molecule has 1 N–H and O–H groups in total. The van der Waals surface area contributed by atoms with E-state index in [9.17, 15) is 18.0 Å². The van der Waals surface area contributed by atoms with Crippen LogP contribution in [0.1, 0.15) is 31.4 Å². The van der Waals surface area contributed by atoms with Gasteiger partial charge in [-0.2, -0.15) is 0 Å². The Kier molecular flexibility index (Phi) is 9.76. The van der Waals surface area contributed by atoms with Crippen molar-refractivity contribution in [3.8, 4) is 5.75 Å². The molecule has 0 saturated carbocycles. The Morgan fingerprint density at radius 1 is 1.15 bits per heavy atom. The van der Waals surface area contributed by atoms with Crippen LogP contribution < -0.4 is 14.4 Å². The molecule has 0 fully saturated rings. The molecule has 34 heavy (non-hydrogen) atoms. The number of carbonyl (C=O) groups is 2. The number of sulfonamides is 1. The normalized spacial score (nSPS) is 12.1. The molecule has 0 bridgehead atoms. The highest BCUT2D eigenvalue weighted by Gasteiger charge is 2.31. The average Bonchev–Trinajstić information content (AvgIpc) is 2.76. The first-order valence-electron chi connectivity index (χ1n) is 11.0. The number of carbonyl (C=O) groups excluding carboxylic acids is 2. The van der Waals surface area contributed by atoms with Crippen LogP contribution in [-0.4, -0.2) is 57.6 Å². The van der Waals surface area contributed by atoms with Gasteiger partial charge >= 0.3 is 0 Å². The molecule has 2 aromatic carbocycles. The Morgan fingerprint density at radius 3 is 2.38 bits per heavy atom. The molecular weight excluding hydrogens is 478 g/mol. The van der Waals surface area contributed by atoms with Gasteiger partial charge in [-0.25, -0.2) is 8.42 Å². The lowest BCUT2D eigenvalue weighted by Gasteiger charge is -2.33. The molecule has 186 valence electrons. The Morgan fingerprint density at radius 2 is 1.85 bits per heavy atom. The van der Waals surface area contributed by atoms with Crippen molar-refractivity contribution in [2.75, 3.05) is 30.8 Å². The fourth-order valence-corrected chi connectivity index (χ4v) is 4.74. The van der Waals surface area contributed by atoms with Crippen LogP contribution in [0.25, 0.3) is 0 Å². The van der Waals surface area contributed by atoms with Crippen LogP contribution in [0.15, 0.2) is 42.5 Å². The lowest BCUT2D eigenvalue weighted by Crippen LogP contribution is -2.52. The number of nitrogens with zero attached hydrogens (tertiary/aromatic N) is 2. The number of benzene rings is 2. The summed E-state index contributed by atoms with van der Waals surface area (Å²) in [5, 5.41) is 2.98. The van der Waals surface area contributed by atoms with Gasteiger partial charge < -0.3 is 15.0 Å². The van der Waals surface area contributed by atoms with Crippen LogP contribution in [0.2, 0.25) is 5.02 Å². The smallest absolute Gasteiger partial charge is 0.244 e. The quantitative estimate of drug-likeness (QED) is 0.501. The predicted molar refractivity (Wildman–Crippen MR) is 135 cm³/mol. The number of anilines is 1. The molecule has 0 saturated heterocycles. The third kappa shape index (κ3) is 7.11. The Bertz CT molecular complexity index is 1120. The molecule has 0 heterocycles. The molecule has 2 amide bonds. The summed E-state index contributed by atoms with van der Waals surface area (Å²) in [6, 6.07) is 11.4. The summed E-state index contributed by atoms with van der Waals surface area (Å²) in [6.07, 6.45) is 1.39. The van der Waals surface area contributed by atoms with E-state index in [1.54, 1.807) is 6.92 Å². The van der Waals surface area contributed by atoms with Crippen molar-refractivity contribution in [2.24, 2.45) is 0 Å². The second-order valence-electron chi connectivity index (χ2n) is 7.92. The molecule has 0 aliphatic rings. The molecule has 1 atom stereocenters. The Hall–Kier alpha value is -2.78. The second kappa shape index (κ2) is 12.1. The maximum Gasteiger partial charge on any atom is 0.244 e. The van der Waals surface area contributed by atoms with Gasteiger partial charge in [0.2, 0.25) is 21.8 Å². The van der Waals surface area contributed by atoms with Crippen molar-refractivity contribution >= 4 is 39.1 Å². The number of amides is 2. The summed E-state index contributed by atoms with van der Waals surface area (Å²) in [5.41, 5.74) is 2.08. The van der Waals surface area contributed by atoms with Crippen LogP contribution in [0.5, 0.6) is 5.75 Å². The van der Waals surface area contributed by atoms with Crippen molar-refractivity contribution < 1.29 is 22.7 Å². The summed E-state index contributed by atoms with van der Waals surface area (Å²) in [7, 11) is -2.39. The summed E-state index contributed by atoms with van der Waals surface area (Å²) < 4.78 is 31.4. The summed E-state index contributed by atoms with van der Waals surface area (Å²) in [5.74, 6) is -0.407. The molecule has 2 rings (SSSR count). The first-order valence-corrected chi connectivity index (χ1v) is 13.2. The molecule has 0 aliphatic heterocycles. The van der Waals surface area contributed by atoms with Crippen LogP contribution in [-0.2, 0) is 26.2 Å². The van der Waals surface area contributed by atoms with Gasteiger partial charge in [-0.3, -0.25) is 13.9 Å². The number of methoxy groups -OCH3 is 1. The van der Waals surface area contributed by atoms with E-state index in [1.165, 1.54) is 30.2 Å². The van der Waals surface area contributed by atoms with Gasteiger partial charge in [-0.05, 0) is 44.0 Å². The number of halogens is 1. The fourth-order valence-electron chi connectivity index (χ4n) is 3.64. The van der Waals surface area contributed by atoms with Crippen molar-refractivity contribution in [3.05, 3.63) is 58.6 Å². The summed E-state index contributed by atoms with van der Waals surface area (Å²) in [4.78, 5) is 27.8. The monoisotopic (exact) mass is 509 g/mol. The zero-order chi connectivity index (χ0) is 25.5. The van der Waals surface area contributed by atoms with Gasteiger partial charge in [0.05, 0.1) is 24.1 Å². The highest BCUT2D eigenvalue weighted by molar-refractivity contribution is 7.92. The predicted octanol–water partition coefficient (Wildman–Crippen LogP) is 3.37. The molecule has 0 aliphatic carbocycles. The molecule has 0 radical (unpaired) electrons. The van der Waals surface area contributed by atoms with E-state index in [0.717, 1.165) is 21.7 Å². The van der Waals surface area contributed by atoms with Crippen molar-refractivity contribution in [2.45, 2.75) is 39.8 Å². The average molecular weight is 510 g/mol. The SMILES string of the molecule is CCNC(=O)[C@@H](CC)N(Cc1cccc(C)c1)C(=O)CN(c1ccc(OC)c(Cl)c1)S(C)(=O)=O. The van der Waals surface area contributed by atoms with Crippen LogP contribution in [0.4, 0.5) is 5.69 Å². The van der Waals surface area contributed by atoms with Gasteiger partial charge in [0.15, 0.2) is 0 Å². The number of aryl methyl sites for hydroxylation is 1. The number of hydrogen-bond donors (Lipinski definition) is 1. The minimum absolute atomic E-state index is 0.164. The number of nitrogens with one attached hydrogen (secondary N) is 1. The van der Waals surface area contributed by atoms with Gasteiger partial charge in [-0.1, -0.05) is 48.4 Å². The van der Waals surface area contributed by atoms with E-state index in [-0.39, 0.29) is 23.2 Å². The molecule has 10 heteroatoms. The van der Waals surface area contributed by atoms with E-state index >= 15 is 0 Å². The fraction of sp³-hybridized carbons (Fsp3) is 0.417. The third-order valence-corrected chi connectivity index (χ3v) is 6.71. The topological polar surface area (TPSA) is 96.0 Å². The van der Waals surface area contributed by atoms with Gasteiger partial charge in [0, 0.05) is 13.1 Å². The maximum absolute atomic E-state index is 13.6. The molecular formula is C24H32ClN3O5S. The van der Waals surface area contributed by atoms with Gasteiger partial charge in [-0.15, -0.1) is 0 Å². The second-order valence-corrected chi connectivity index (χ2v) is 10.2. The molecule has 0 aromatic heterocycles. The van der Waals surface area contributed by atoms with E-state index in [1.807, 2.05) is 38.1 Å². The highest BCUT2D eigenvalue weighted by Crippen LogP contribution is 2.30. The number of rotatable bonds is 11. The first-order chi connectivity index (χ1) is 16.0. The standard InChI is InChI=1S/C24H32ClN3O5S/c1-6-21(24(30)26-7-2)27(15-18-10-8-9-17(3)13-18)23(29)16-28(34(5,31)32)19-11-12-22(33-4)20(25)14-19/h8-14,21H,6-7,15-16H2,1-5H3,(H,26,30)/t21-/m1/s1. The van der Waals surface area contributed by atoms with Gasteiger partial charge in [0.1, 0.15) is 18.3 Å². The number of hydrogen-bond acceptors (Lipinski definition) is 5. The lowest BCUT2D eigenvalue weighted by molar-refractivity contribution is -0.140. The molecule has 2 aromatic rings. The van der Waals surface area contributed by atoms with Gasteiger partial charge in [0.25, 0.3) is 0 Å². The molecule has 0 unspecified atom stereocenters. The van der Waals surface area contributed by atoms with Crippen molar-refractivity contribution in [1.82, 2.24) is 10.2 Å². The van der Waals surface area contributed by atoms with Crippen molar-refractivity contribution in [3.63, 3.8) is 0 Å². The van der Waals surface area contributed by atoms with E-state index in [0.29, 0.717) is 18.7 Å². The van der Waals surface area contributed by atoms with E-state index in [4.69, 9.17) is 16.3 Å². The summed E-state index contributed by atoms with van der Waals surface area (Å²) >= 11 is 6.20. The zero-order valence-electron chi connectivity index (χ0n) is 20.2. The first kappa shape index (κ1) is 27.5. The Balaban J connectivity index is 2.46.